The first-order valence-corrected chi connectivity index (χ1v) is 28.1. The van der Waals surface area contributed by atoms with Crippen molar-refractivity contribution in [3.63, 3.8) is 0 Å². The summed E-state index contributed by atoms with van der Waals surface area (Å²) in [5.74, 6) is -0.275. The quantitative estimate of drug-likeness (QED) is 0.149. The standard InChI is InChI=1S/C69H33F24N5/c1-31-11-32(2)96-61(95-31)54-29-60(98-57-22-35(39-16-46(66(82,83)84)27-47(17-39)67(85,86)87)5-9-52(57)53-10-6-36(23-58(53)98)40-18-48(68(88,89)90)28-49(19-40)69(91,92)93)59(24-41(54)30-94)97-55-20-33(37-12-42(62(70,71)72)25-43(13-37)63(73,74)75)3-7-50(55)51-8-4-34(21-56(51)97)38-14-44(64(76,77)78)26-45(15-38)65(79,80)81/h3-29H,1-2H3. The Labute approximate surface area is 533 Å². The summed E-state index contributed by atoms with van der Waals surface area (Å²) in [6.07, 6.45) is -43.5. The Bertz CT molecular complexity index is 4900. The number of aryl methyl sites for hydroxylation is 2. The molecule has 0 spiro atoms. The zero-order valence-corrected chi connectivity index (χ0v) is 48.9. The minimum atomic E-state index is -5.43. The molecule has 0 radical (unpaired) electrons. The van der Waals surface area contributed by atoms with Gasteiger partial charge in [-0.05, 0) is 174 Å². The van der Waals surface area contributed by atoms with Crippen molar-refractivity contribution in [3.8, 4) is 73.3 Å². The van der Waals surface area contributed by atoms with Gasteiger partial charge >= 0.3 is 49.4 Å². The van der Waals surface area contributed by atoms with Crippen LogP contribution in [0.2, 0.25) is 0 Å². The Kier molecular flexibility index (Phi) is 15.7. The van der Waals surface area contributed by atoms with Gasteiger partial charge in [0.15, 0.2) is 5.82 Å². The number of hydrogen-bond donors (Lipinski definition) is 0. The number of halogens is 24. The fourth-order valence-corrected chi connectivity index (χ4v) is 11.8. The zero-order valence-electron chi connectivity index (χ0n) is 48.9. The highest BCUT2D eigenvalue weighted by atomic mass is 19.4. The van der Waals surface area contributed by atoms with E-state index in [4.69, 9.17) is 0 Å². The summed E-state index contributed by atoms with van der Waals surface area (Å²) in [7, 11) is 0. The zero-order chi connectivity index (χ0) is 71.3. The monoisotopic (exact) mass is 1390 g/mol. The Morgan fingerprint density at radius 3 is 0.714 bits per heavy atom. The summed E-state index contributed by atoms with van der Waals surface area (Å²) >= 11 is 0. The van der Waals surface area contributed by atoms with Crippen molar-refractivity contribution in [3.05, 3.63) is 225 Å². The fraction of sp³-hybridized carbons (Fsp3) is 0.145. The van der Waals surface area contributed by atoms with Crippen LogP contribution in [0.5, 0.6) is 0 Å². The first-order chi connectivity index (χ1) is 45.3. The van der Waals surface area contributed by atoms with Gasteiger partial charge in [-0.15, -0.1) is 0 Å². The van der Waals surface area contributed by atoms with E-state index < -0.39 is 155 Å². The third-order valence-electron chi connectivity index (χ3n) is 16.2. The lowest BCUT2D eigenvalue weighted by Crippen LogP contribution is -2.11. The van der Waals surface area contributed by atoms with Crippen LogP contribution in [0, 0.1) is 25.2 Å². The molecule has 98 heavy (non-hydrogen) atoms. The summed E-state index contributed by atoms with van der Waals surface area (Å²) < 4.78 is 352. The molecule has 5 nitrogen and oxygen atoms in total. The molecule has 0 saturated carbocycles. The van der Waals surface area contributed by atoms with E-state index in [1.807, 2.05) is 6.07 Å². The van der Waals surface area contributed by atoms with Crippen molar-refractivity contribution in [1.82, 2.24) is 19.1 Å². The number of alkyl halides is 24. The van der Waals surface area contributed by atoms with E-state index in [-0.39, 0.29) is 90.7 Å². The second kappa shape index (κ2) is 22.8. The number of benzene rings is 9. The maximum Gasteiger partial charge on any atom is 0.416 e. The highest BCUT2D eigenvalue weighted by Crippen LogP contribution is 2.49. The molecule has 3 heterocycles. The van der Waals surface area contributed by atoms with Crippen LogP contribution in [0.25, 0.3) is 111 Å². The third-order valence-corrected chi connectivity index (χ3v) is 16.2. The largest absolute Gasteiger partial charge is 0.416 e. The summed E-state index contributed by atoms with van der Waals surface area (Å²) in [5, 5.41) is 11.0. The number of fused-ring (bicyclic) bond motifs is 6. The summed E-state index contributed by atoms with van der Waals surface area (Å²) in [6.45, 7) is 2.98. The molecule has 0 aliphatic heterocycles. The minimum Gasteiger partial charge on any atom is -0.307 e. The smallest absolute Gasteiger partial charge is 0.307 e. The maximum absolute atomic E-state index is 14.6. The van der Waals surface area contributed by atoms with Gasteiger partial charge in [-0.25, -0.2) is 9.97 Å². The van der Waals surface area contributed by atoms with Crippen LogP contribution in [0.3, 0.4) is 0 Å². The average molecular weight is 1390 g/mol. The highest BCUT2D eigenvalue weighted by molar-refractivity contribution is 6.14. The molecule has 9 aromatic carbocycles. The predicted molar refractivity (Wildman–Crippen MR) is 312 cm³/mol. The van der Waals surface area contributed by atoms with Crippen molar-refractivity contribution in [2.75, 3.05) is 0 Å². The molecule has 0 unspecified atom stereocenters. The van der Waals surface area contributed by atoms with Crippen LogP contribution >= 0.6 is 0 Å². The molecule has 0 amide bonds. The van der Waals surface area contributed by atoms with Gasteiger partial charge in [-0.3, -0.25) is 0 Å². The molecule has 0 fully saturated rings. The molecule has 0 bridgehead atoms. The molecule has 0 N–H and O–H groups in total. The fourth-order valence-electron chi connectivity index (χ4n) is 11.8. The van der Waals surface area contributed by atoms with Crippen LogP contribution < -0.4 is 0 Å². The van der Waals surface area contributed by atoms with Crippen LogP contribution in [0.4, 0.5) is 105 Å². The van der Waals surface area contributed by atoms with Crippen LogP contribution in [-0.2, 0) is 49.4 Å². The lowest BCUT2D eigenvalue weighted by Gasteiger charge is -2.20. The topological polar surface area (TPSA) is 59.4 Å². The number of rotatable bonds is 7. The second-order valence-electron chi connectivity index (χ2n) is 22.7. The maximum atomic E-state index is 14.6. The predicted octanol–water partition coefficient (Wildman–Crippen LogP) is 23.6. The van der Waals surface area contributed by atoms with Gasteiger partial charge in [-0.2, -0.15) is 111 Å². The van der Waals surface area contributed by atoms with E-state index in [1.165, 1.54) is 44.2 Å². The SMILES string of the molecule is Cc1cc(C)nc(-c2cc(-n3c4cc(-c5cc(C(F)(F)F)cc(C(F)(F)F)c5)ccc4c4ccc(-c5cc(C(F)(F)F)cc(C(F)(F)F)c5)cc43)c(-n3c4cc(-c5cc(C(F)(F)F)cc(C(F)(F)F)c5)ccc4c4ccc(-c5cc(C(F)(F)F)cc(C(F)(F)F)c5)cc43)cc2C#N)n1. The highest BCUT2D eigenvalue weighted by Gasteiger charge is 2.42. The van der Waals surface area contributed by atoms with Crippen molar-refractivity contribution in [2.24, 2.45) is 0 Å². The number of aromatic nitrogens is 4. The summed E-state index contributed by atoms with van der Waals surface area (Å²) in [5.41, 5.74) is -21.5. The van der Waals surface area contributed by atoms with Gasteiger partial charge in [0.1, 0.15) is 0 Å². The number of hydrogen-bond acceptors (Lipinski definition) is 3. The number of nitrogens with zero attached hydrogens (tertiary/aromatic N) is 5. The molecular formula is C69H33F24N5. The van der Waals surface area contributed by atoms with Gasteiger partial charge in [0.2, 0.25) is 0 Å². The first kappa shape index (κ1) is 67.5. The van der Waals surface area contributed by atoms with Crippen molar-refractivity contribution >= 4 is 43.6 Å². The minimum absolute atomic E-state index is 0.0420. The molecule has 12 rings (SSSR count). The summed E-state index contributed by atoms with van der Waals surface area (Å²) in [6, 6.07) is 20.8. The lowest BCUT2D eigenvalue weighted by atomic mass is 9.97. The molecule has 0 saturated heterocycles. The molecular weight excluding hydrogens is 1350 g/mol. The van der Waals surface area contributed by atoms with Crippen molar-refractivity contribution in [2.45, 2.75) is 63.3 Å². The summed E-state index contributed by atoms with van der Waals surface area (Å²) in [4.78, 5) is 8.99. The van der Waals surface area contributed by atoms with E-state index in [1.54, 1.807) is 0 Å². The van der Waals surface area contributed by atoms with E-state index in [9.17, 15) is 111 Å². The van der Waals surface area contributed by atoms with Gasteiger partial charge < -0.3 is 9.13 Å². The molecule has 0 atom stereocenters. The van der Waals surface area contributed by atoms with Crippen LogP contribution in [0.15, 0.2) is 164 Å². The van der Waals surface area contributed by atoms with Gasteiger partial charge in [0, 0.05) is 38.5 Å². The Balaban J connectivity index is 1.29. The van der Waals surface area contributed by atoms with Gasteiger partial charge in [0.05, 0.1) is 89.6 Å². The Hall–Kier alpha value is -10.5. The molecule has 502 valence electrons. The molecule has 29 heteroatoms. The van der Waals surface area contributed by atoms with E-state index in [2.05, 4.69) is 9.97 Å². The van der Waals surface area contributed by atoms with E-state index >= 15 is 0 Å². The van der Waals surface area contributed by atoms with Gasteiger partial charge in [0.25, 0.3) is 0 Å². The molecule has 0 aliphatic rings. The third kappa shape index (κ3) is 12.7. The van der Waals surface area contributed by atoms with Crippen molar-refractivity contribution < 1.29 is 105 Å². The normalized spacial score (nSPS) is 13.2. The first-order valence-electron chi connectivity index (χ1n) is 28.1. The molecule has 12 aromatic rings. The average Bonchev–Trinajstić information content (AvgIpc) is 1.54. The van der Waals surface area contributed by atoms with E-state index in [0.717, 1.165) is 69.8 Å². The van der Waals surface area contributed by atoms with E-state index in [0.29, 0.717) is 48.5 Å². The second-order valence-corrected chi connectivity index (χ2v) is 22.7. The Morgan fingerprint density at radius 1 is 0.276 bits per heavy atom. The van der Waals surface area contributed by atoms with Gasteiger partial charge in [-0.1, -0.05) is 48.5 Å². The number of nitriles is 1. The molecule has 3 aromatic heterocycles. The Morgan fingerprint density at radius 2 is 0.500 bits per heavy atom. The molecule has 0 aliphatic carbocycles. The van der Waals surface area contributed by atoms with Crippen LogP contribution in [0.1, 0.15) is 61.5 Å². The van der Waals surface area contributed by atoms with Crippen LogP contribution in [-0.4, -0.2) is 19.1 Å². The lowest BCUT2D eigenvalue weighted by molar-refractivity contribution is -0.144. The van der Waals surface area contributed by atoms with Crippen molar-refractivity contribution in [1.29, 1.82) is 5.26 Å².